The third-order valence-corrected chi connectivity index (χ3v) is 5.51. The second kappa shape index (κ2) is 10.0. The maximum absolute atomic E-state index is 12.4. The van der Waals surface area contributed by atoms with Crippen LogP contribution in [0.5, 0.6) is 11.5 Å². The van der Waals surface area contributed by atoms with Crippen molar-refractivity contribution in [2.75, 3.05) is 13.6 Å². The van der Waals surface area contributed by atoms with E-state index in [9.17, 15) is 9.59 Å². The molecule has 2 amide bonds. The Morgan fingerprint density at radius 2 is 1.80 bits per heavy atom. The fourth-order valence-electron chi connectivity index (χ4n) is 2.87. The lowest BCUT2D eigenvalue weighted by Crippen LogP contribution is -2.26. The number of hydrogen-bond acceptors (Lipinski definition) is 4. The monoisotopic (exact) mass is 467 g/mol. The minimum atomic E-state index is -0.273. The summed E-state index contributed by atoms with van der Waals surface area (Å²) in [6.07, 6.45) is 2.19. The Bertz CT molecular complexity index is 1070. The quantitative estimate of drug-likeness (QED) is 0.543. The van der Waals surface area contributed by atoms with Gasteiger partial charge in [0.05, 0.1) is 5.56 Å². The summed E-state index contributed by atoms with van der Waals surface area (Å²) in [7, 11) is 1.55. The number of carbonyl (C=O) groups is 2. The largest absolute Gasteiger partial charge is 0.457 e. The fourth-order valence-corrected chi connectivity index (χ4v) is 3.31. The Morgan fingerprint density at radius 3 is 2.60 bits per heavy atom. The predicted octanol–water partition coefficient (Wildman–Crippen LogP) is 4.28. The van der Waals surface area contributed by atoms with E-state index in [2.05, 4.69) is 31.5 Å². The second-order valence-electron chi connectivity index (χ2n) is 6.65. The number of carbonyl (C=O) groups excluding carboxylic acids is 2. The minimum Gasteiger partial charge on any atom is -0.457 e. The molecule has 0 saturated heterocycles. The van der Waals surface area contributed by atoms with Gasteiger partial charge in [-0.25, -0.2) is 0 Å². The molecular weight excluding hydrogens is 446 g/mol. The Morgan fingerprint density at radius 1 is 1.03 bits per heavy atom. The topological polar surface area (TPSA) is 80.3 Å². The zero-order valence-corrected chi connectivity index (χ0v) is 18.3. The van der Waals surface area contributed by atoms with Gasteiger partial charge in [0.1, 0.15) is 17.2 Å². The molecule has 0 radical (unpaired) electrons. The van der Waals surface area contributed by atoms with Gasteiger partial charge in [0, 0.05) is 30.3 Å². The summed E-state index contributed by atoms with van der Waals surface area (Å²) in [5.74, 6) is 0.786. The molecule has 0 spiro atoms. The number of nitrogens with one attached hydrogen (secondary N) is 2. The van der Waals surface area contributed by atoms with E-state index in [0.29, 0.717) is 30.0 Å². The SMILES string of the molecule is CNC(=O)c1cc(Oc2cccc(CCNC(=O)c3cccc(C)c3Br)c2)ccn1. The lowest BCUT2D eigenvalue weighted by atomic mass is 10.1. The van der Waals surface area contributed by atoms with Gasteiger partial charge >= 0.3 is 0 Å². The standard InChI is InChI=1S/C23H22BrN3O3/c1-15-5-3-8-19(21(15)24)22(28)27-11-9-16-6-4-7-17(13-16)30-18-10-12-26-20(14-18)23(29)25-2/h3-8,10,12-14H,9,11H2,1-2H3,(H,25,29)(H,27,28). The first kappa shape index (κ1) is 21.5. The van der Waals surface area contributed by atoms with E-state index < -0.39 is 0 Å². The number of nitrogens with zero attached hydrogens (tertiary/aromatic N) is 1. The van der Waals surface area contributed by atoms with Gasteiger partial charge in [-0.3, -0.25) is 14.6 Å². The Hall–Kier alpha value is -3.19. The van der Waals surface area contributed by atoms with Crippen molar-refractivity contribution in [1.82, 2.24) is 15.6 Å². The molecule has 0 aliphatic carbocycles. The molecule has 0 unspecified atom stereocenters. The van der Waals surface area contributed by atoms with Gasteiger partial charge in [0.2, 0.25) is 0 Å². The third-order valence-electron chi connectivity index (χ3n) is 4.46. The van der Waals surface area contributed by atoms with Gasteiger partial charge in [-0.15, -0.1) is 0 Å². The van der Waals surface area contributed by atoms with E-state index in [1.54, 1.807) is 25.2 Å². The second-order valence-corrected chi connectivity index (χ2v) is 7.44. The van der Waals surface area contributed by atoms with E-state index in [1.165, 1.54) is 6.20 Å². The summed E-state index contributed by atoms with van der Waals surface area (Å²) in [5.41, 5.74) is 2.95. The number of amides is 2. The van der Waals surface area contributed by atoms with Crippen LogP contribution in [0, 0.1) is 6.92 Å². The van der Waals surface area contributed by atoms with Gasteiger partial charge in [-0.05, 0) is 64.7 Å². The van der Waals surface area contributed by atoms with Crippen LogP contribution in [0.2, 0.25) is 0 Å². The highest BCUT2D eigenvalue weighted by Crippen LogP contribution is 2.23. The van der Waals surface area contributed by atoms with Crippen LogP contribution >= 0.6 is 15.9 Å². The van der Waals surface area contributed by atoms with Crippen LogP contribution < -0.4 is 15.4 Å². The molecule has 2 N–H and O–H groups in total. The summed E-state index contributed by atoms with van der Waals surface area (Å²) in [5, 5.41) is 5.49. The van der Waals surface area contributed by atoms with Crippen molar-refractivity contribution in [3.05, 3.63) is 87.7 Å². The molecule has 0 bridgehead atoms. The van der Waals surface area contributed by atoms with Crippen molar-refractivity contribution >= 4 is 27.7 Å². The van der Waals surface area contributed by atoms with Crippen LogP contribution in [0.15, 0.2) is 65.3 Å². The van der Waals surface area contributed by atoms with Crippen LogP contribution in [0.25, 0.3) is 0 Å². The zero-order chi connectivity index (χ0) is 21.5. The molecule has 6 nitrogen and oxygen atoms in total. The highest BCUT2D eigenvalue weighted by Gasteiger charge is 2.11. The maximum Gasteiger partial charge on any atom is 0.269 e. The van der Waals surface area contributed by atoms with Crippen LogP contribution in [0.4, 0.5) is 0 Å². The highest BCUT2D eigenvalue weighted by atomic mass is 79.9. The van der Waals surface area contributed by atoms with Crippen molar-refractivity contribution in [1.29, 1.82) is 0 Å². The molecule has 7 heteroatoms. The number of rotatable bonds is 7. The number of aromatic nitrogens is 1. The molecule has 30 heavy (non-hydrogen) atoms. The van der Waals surface area contributed by atoms with Crippen molar-refractivity contribution in [3.8, 4) is 11.5 Å². The maximum atomic E-state index is 12.4. The average molecular weight is 468 g/mol. The minimum absolute atomic E-state index is 0.114. The first-order valence-corrected chi connectivity index (χ1v) is 10.3. The van der Waals surface area contributed by atoms with Crippen molar-refractivity contribution in [2.24, 2.45) is 0 Å². The predicted molar refractivity (Wildman–Crippen MR) is 119 cm³/mol. The van der Waals surface area contributed by atoms with Gasteiger partial charge in [0.25, 0.3) is 11.8 Å². The highest BCUT2D eigenvalue weighted by molar-refractivity contribution is 9.10. The molecular formula is C23H22BrN3O3. The molecule has 154 valence electrons. The summed E-state index contributed by atoms with van der Waals surface area (Å²) in [6.45, 7) is 2.45. The number of benzene rings is 2. The van der Waals surface area contributed by atoms with E-state index in [1.807, 2.05) is 43.3 Å². The number of pyridine rings is 1. The number of hydrogen-bond donors (Lipinski definition) is 2. The van der Waals surface area contributed by atoms with Crippen LogP contribution in [0.3, 0.4) is 0 Å². The van der Waals surface area contributed by atoms with Crippen molar-refractivity contribution in [3.63, 3.8) is 0 Å². The first-order valence-electron chi connectivity index (χ1n) is 9.46. The first-order chi connectivity index (χ1) is 14.5. The van der Waals surface area contributed by atoms with Crippen LogP contribution in [-0.2, 0) is 6.42 Å². The van der Waals surface area contributed by atoms with Crippen molar-refractivity contribution in [2.45, 2.75) is 13.3 Å². The molecule has 3 aromatic rings. The number of halogens is 1. The van der Waals surface area contributed by atoms with Gasteiger partial charge in [0.15, 0.2) is 0 Å². The van der Waals surface area contributed by atoms with E-state index >= 15 is 0 Å². The van der Waals surface area contributed by atoms with Crippen molar-refractivity contribution < 1.29 is 14.3 Å². The normalized spacial score (nSPS) is 10.4. The van der Waals surface area contributed by atoms with Crippen LogP contribution in [-0.4, -0.2) is 30.4 Å². The molecule has 2 aromatic carbocycles. The molecule has 0 fully saturated rings. The van der Waals surface area contributed by atoms with Crippen LogP contribution in [0.1, 0.15) is 32.0 Å². The number of ether oxygens (including phenoxy) is 1. The van der Waals surface area contributed by atoms with Gasteiger partial charge in [-0.1, -0.05) is 24.3 Å². The summed E-state index contributed by atoms with van der Waals surface area (Å²) < 4.78 is 6.68. The Labute approximate surface area is 183 Å². The average Bonchev–Trinajstić information content (AvgIpc) is 2.75. The smallest absolute Gasteiger partial charge is 0.269 e. The molecule has 1 heterocycles. The summed E-state index contributed by atoms with van der Waals surface area (Å²) >= 11 is 3.47. The lowest BCUT2D eigenvalue weighted by Gasteiger charge is -2.10. The molecule has 0 saturated carbocycles. The summed E-state index contributed by atoms with van der Waals surface area (Å²) in [4.78, 5) is 28.2. The number of aryl methyl sites for hydroxylation is 1. The molecule has 3 rings (SSSR count). The van der Waals surface area contributed by atoms with Gasteiger partial charge in [-0.2, -0.15) is 0 Å². The zero-order valence-electron chi connectivity index (χ0n) is 16.7. The third kappa shape index (κ3) is 5.45. The Balaban J connectivity index is 1.60. The van der Waals surface area contributed by atoms with E-state index in [-0.39, 0.29) is 17.5 Å². The van der Waals surface area contributed by atoms with E-state index in [4.69, 9.17) is 4.74 Å². The molecule has 0 aliphatic heterocycles. The fraction of sp³-hybridized carbons (Fsp3) is 0.174. The lowest BCUT2D eigenvalue weighted by molar-refractivity contribution is 0.0947. The molecule has 0 atom stereocenters. The van der Waals surface area contributed by atoms with E-state index in [0.717, 1.165) is 15.6 Å². The Kier molecular flexibility index (Phi) is 7.19. The van der Waals surface area contributed by atoms with Gasteiger partial charge < -0.3 is 15.4 Å². The molecule has 1 aromatic heterocycles. The summed E-state index contributed by atoms with van der Waals surface area (Å²) in [6, 6.07) is 16.5. The molecule has 0 aliphatic rings.